The van der Waals surface area contributed by atoms with E-state index in [9.17, 15) is 0 Å². The summed E-state index contributed by atoms with van der Waals surface area (Å²) in [6, 6.07) is 24.5. The summed E-state index contributed by atoms with van der Waals surface area (Å²) in [5.41, 5.74) is 4.47. The minimum Gasteiger partial charge on any atom is -0.497 e. The topological polar surface area (TPSA) is 30.3 Å². The van der Waals surface area contributed by atoms with Gasteiger partial charge in [-0.15, -0.1) is 0 Å². The van der Waals surface area contributed by atoms with E-state index in [0.29, 0.717) is 0 Å². The second-order valence-corrected chi connectivity index (χ2v) is 7.69. The molecule has 0 saturated carbocycles. The van der Waals surface area contributed by atoms with Crippen LogP contribution in [0.1, 0.15) is 17.0 Å². The molecule has 1 heterocycles. The lowest BCUT2D eigenvalue weighted by Crippen LogP contribution is -2.20. The summed E-state index contributed by atoms with van der Waals surface area (Å²) in [6.07, 6.45) is 0. The molecular weight excluding hydrogens is 382 g/mol. The van der Waals surface area contributed by atoms with Crippen LogP contribution < -0.4 is 4.74 Å². The normalized spacial score (nSPS) is 11.3. The van der Waals surface area contributed by atoms with E-state index in [4.69, 9.17) is 21.3 Å². The summed E-state index contributed by atoms with van der Waals surface area (Å²) in [5, 5.41) is 0.747. The number of methoxy groups -OCH3 is 1. The van der Waals surface area contributed by atoms with Crippen molar-refractivity contribution in [3.05, 3.63) is 94.8 Å². The molecule has 29 heavy (non-hydrogen) atoms. The third kappa shape index (κ3) is 4.61. The molecule has 0 fully saturated rings. The Kier molecular flexibility index (Phi) is 5.84. The van der Waals surface area contributed by atoms with Gasteiger partial charge in [0.25, 0.3) is 0 Å². The molecule has 0 spiro atoms. The quantitative estimate of drug-likeness (QED) is 0.413. The summed E-state index contributed by atoms with van der Waals surface area (Å²) >= 11 is 6.21. The number of hydrogen-bond donors (Lipinski definition) is 0. The third-order valence-corrected chi connectivity index (χ3v) is 5.21. The number of aromatic nitrogens is 2. The Morgan fingerprint density at radius 3 is 2.48 bits per heavy atom. The molecule has 0 N–H and O–H groups in total. The van der Waals surface area contributed by atoms with Gasteiger partial charge < -0.3 is 9.30 Å². The maximum Gasteiger partial charge on any atom is 0.124 e. The zero-order valence-electron chi connectivity index (χ0n) is 16.7. The van der Waals surface area contributed by atoms with Crippen molar-refractivity contribution < 1.29 is 4.74 Å². The van der Waals surface area contributed by atoms with Crippen molar-refractivity contribution in [3.63, 3.8) is 0 Å². The maximum atomic E-state index is 6.21. The van der Waals surface area contributed by atoms with Gasteiger partial charge in [0.15, 0.2) is 0 Å². The van der Waals surface area contributed by atoms with Gasteiger partial charge in [-0.25, -0.2) is 4.98 Å². The Morgan fingerprint density at radius 1 is 0.931 bits per heavy atom. The number of halogens is 1. The highest BCUT2D eigenvalue weighted by molar-refractivity contribution is 6.30. The average molecular weight is 406 g/mol. The van der Waals surface area contributed by atoms with Crippen LogP contribution in [0.15, 0.2) is 72.8 Å². The monoisotopic (exact) mass is 405 g/mol. The Hall–Kier alpha value is -2.82. The zero-order valence-corrected chi connectivity index (χ0v) is 17.4. The standard InChI is InChI=1S/C24H24ClN3O/c1-27(15-18-7-4-3-5-8-18)17-24-26-22-14-21(29-2)11-12-23(22)28(24)16-19-9-6-10-20(25)13-19/h3-14H,15-17H2,1-2H3. The molecule has 0 aliphatic rings. The van der Waals surface area contributed by atoms with Crippen molar-refractivity contribution in [1.82, 2.24) is 14.5 Å². The molecule has 0 radical (unpaired) electrons. The zero-order chi connectivity index (χ0) is 20.2. The molecule has 0 unspecified atom stereocenters. The summed E-state index contributed by atoms with van der Waals surface area (Å²) in [4.78, 5) is 7.21. The summed E-state index contributed by atoms with van der Waals surface area (Å²) in [5.74, 6) is 1.83. The number of benzene rings is 3. The molecule has 0 bridgehead atoms. The largest absolute Gasteiger partial charge is 0.497 e. The van der Waals surface area contributed by atoms with Gasteiger partial charge in [-0.05, 0) is 42.4 Å². The van der Waals surface area contributed by atoms with E-state index in [2.05, 4.69) is 52.9 Å². The highest BCUT2D eigenvalue weighted by Crippen LogP contribution is 2.24. The van der Waals surface area contributed by atoms with Crippen molar-refractivity contribution in [3.8, 4) is 5.75 Å². The van der Waals surface area contributed by atoms with E-state index in [1.165, 1.54) is 5.56 Å². The van der Waals surface area contributed by atoms with Gasteiger partial charge >= 0.3 is 0 Å². The minimum absolute atomic E-state index is 0.720. The first kappa shape index (κ1) is 19.5. The summed E-state index contributed by atoms with van der Waals surface area (Å²) < 4.78 is 7.65. The van der Waals surface area contributed by atoms with E-state index in [-0.39, 0.29) is 0 Å². The maximum absolute atomic E-state index is 6.21. The minimum atomic E-state index is 0.720. The smallest absolute Gasteiger partial charge is 0.124 e. The first-order valence-electron chi connectivity index (χ1n) is 9.62. The van der Waals surface area contributed by atoms with Crippen LogP contribution >= 0.6 is 11.6 Å². The van der Waals surface area contributed by atoms with Crippen molar-refractivity contribution in [2.24, 2.45) is 0 Å². The first-order valence-corrected chi connectivity index (χ1v) is 10.0. The van der Waals surface area contributed by atoms with Crippen LogP contribution in [-0.2, 0) is 19.6 Å². The van der Waals surface area contributed by atoms with Crippen molar-refractivity contribution in [1.29, 1.82) is 0 Å². The van der Waals surface area contributed by atoms with Crippen molar-refractivity contribution >= 4 is 22.6 Å². The molecule has 4 rings (SSSR count). The van der Waals surface area contributed by atoms with Crippen LogP contribution in [-0.4, -0.2) is 28.6 Å². The van der Waals surface area contributed by atoms with Crippen molar-refractivity contribution in [2.45, 2.75) is 19.6 Å². The highest BCUT2D eigenvalue weighted by atomic mass is 35.5. The third-order valence-electron chi connectivity index (χ3n) is 4.97. The van der Waals surface area contributed by atoms with E-state index >= 15 is 0 Å². The fourth-order valence-corrected chi connectivity index (χ4v) is 3.81. The molecule has 1 aromatic heterocycles. The Bertz CT molecular complexity index is 1110. The second-order valence-electron chi connectivity index (χ2n) is 7.26. The Balaban J connectivity index is 1.67. The highest BCUT2D eigenvalue weighted by Gasteiger charge is 2.14. The fourth-order valence-electron chi connectivity index (χ4n) is 3.59. The van der Waals surface area contributed by atoms with Gasteiger partial charge in [-0.2, -0.15) is 0 Å². The summed E-state index contributed by atoms with van der Waals surface area (Å²) in [7, 11) is 3.80. The van der Waals surface area contributed by atoms with Crippen LogP contribution in [0, 0.1) is 0 Å². The molecule has 5 heteroatoms. The van der Waals surface area contributed by atoms with Crippen LogP contribution in [0.3, 0.4) is 0 Å². The molecule has 148 valence electrons. The molecule has 4 aromatic rings. The van der Waals surface area contributed by atoms with E-state index < -0.39 is 0 Å². The van der Waals surface area contributed by atoms with Crippen LogP contribution in [0.25, 0.3) is 11.0 Å². The van der Waals surface area contributed by atoms with Gasteiger partial charge in [0, 0.05) is 24.2 Å². The van der Waals surface area contributed by atoms with E-state index in [1.54, 1.807) is 7.11 Å². The number of imidazole rings is 1. The summed E-state index contributed by atoms with van der Waals surface area (Å²) in [6.45, 7) is 2.33. The SMILES string of the molecule is COc1ccc2c(c1)nc(CN(C)Cc1ccccc1)n2Cc1cccc(Cl)c1. The fraction of sp³-hybridized carbons (Fsp3) is 0.208. The van der Waals surface area contributed by atoms with Crippen LogP contribution in [0.4, 0.5) is 0 Å². The van der Waals surface area contributed by atoms with Gasteiger partial charge in [-0.1, -0.05) is 54.1 Å². The van der Waals surface area contributed by atoms with Crippen LogP contribution in [0.2, 0.25) is 5.02 Å². The number of rotatable bonds is 7. The predicted molar refractivity (Wildman–Crippen MR) is 118 cm³/mol. The first-order chi connectivity index (χ1) is 14.1. The lowest BCUT2D eigenvalue weighted by molar-refractivity contribution is 0.306. The molecule has 0 aliphatic heterocycles. The van der Waals surface area contributed by atoms with Crippen LogP contribution in [0.5, 0.6) is 5.75 Å². The van der Waals surface area contributed by atoms with Gasteiger partial charge in [0.1, 0.15) is 11.6 Å². The van der Waals surface area contributed by atoms with Crippen molar-refractivity contribution in [2.75, 3.05) is 14.2 Å². The molecule has 0 amide bonds. The molecule has 0 saturated heterocycles. The number of nitrogens with zero attached hydrogens (tertiary/aromatic N) is 3. The molecule has 3 aromatic carbocycles. The predicted octanol–water partition coefficient (Wildman–Crippen LogP) is 5.38. The van der Waals surface area contributed by atoms with E-state index in [0.717, 1.165) is 52.8 Å². The Morgan fingerprint density at radius 2 is 1.72 bits per heavy atom. The molecular formula is C24H24ClN3O. The lowest BCUT2D eigenvalue weighted by atomic mass is 10.2. The Labute approximate surface area is 176 Å². The average Bonchev–Trinajstić information content (AvgIpc) is 3.04. The lowest BCUT2D eigenvalue weighted by Gasteiger charge is -2.18. The molecule has 0 aliphatic carbocycles. The number of ether oxygens (including phenoxy) is 1. The van der Waals surface area contributed by atoms with Gasteiger partial charge in [-0.3, -0.25) is 4.90 Å². The number of hydrogen-bond acceptors (Lipinski definition) is 3. The molecule has 0 atom stereocenters. The van der Waals surface area contributed by atoms with E-state index in [1.807, 2.05) is 36.4 Å². The number of fused-ring (bicyclic) bond motifs is 1. The molecule has 4 nitrogen and oxygen atoms in total. The second kappa shape index (κ2) is 8.68. The van der Waals surface area contributed by atoms with Gasteiger partial charge in [0.2, 0.25) is 0 Å². The van der Waals surface area contributed by atoms with Gasteiger partial charge in [0.05, 0.1) is 24.7 Å².